The maximum Gasteiger partial charge on any atom is 0.246 e. The number of carbonyl (C=O) groups is 2. The first-order valence-corrected chi connectivity index (χ1v) is 9.48. The van der Waals surface area contributed by atoms with Crippen LogP contribution in [-0.2, 0) is 20.9 Å². The van der Waals surface area contributed by atoms with Crippen LogP contribution >= 0.6 is 11.6 Å². The van der Waals surface area contributed by atoms with Crippen molar-refractivity contribution in [2.45, 2.75) is 43.8 Å². The standard InChI is InChI=1S/C19H26ClN3O3/c1-26-13-17(24)22-15-10-19(8-4-5-9-23(19)12-15)18(25)21-11-14-6-2-3-7-16(14)20/h2-3,6-7,15H,4-5,8-13H2,1H3,(H,21,25)(H,22,24)/t15-,19+/m0/s1. The van der Waals surface area contributed by atoms with E-state index < -0.39 is 5.54 Å². The zero-order chi connectivity index (χ0) is 18.6. The molecule has 3 rings (SSSR count). The van der Waals surface area contributed by atoms with E-state index in [9.17, 15) is 9.59 Å². The third kappa shape index (κ3) is 4.03. The molecule has 2 aliphatic heterocycles. The summed E-state index contributed by atoms with van der Waals surface area (Å²) in [7, 11) is 1.50. The van der Waals surface area contributed by atoms with Crippen LogP contribution in [-0.4, -0.2) is 55.1 Å². The maximum absolute atomic E-state index is 13.1. The molecule has 2 N–H and O–H groups in total. The van der Waals surface area contributed by atoms with Crippen molar-refractivity contribution in [3.63, 3.8) is 0 Å². The first kappa shape index (κ1) is 19.1. The van der Waals surface area contributed by atoms with Gasteiger partial charge in [0.25, 0.3) is 0 Å². The van der Waals surface area contributed by atoms with Crippen LogP contribution in [0.1, 0.15) is 31.2 Å². The van der Waals surface area contributed by atoms with Gasteiger partial charge in [-0.2, -0.15) is 0 Å². The van der Waals surface area contributed by atoms with Gasteiger partial charge in [-0.15, -0.1) is 0 Å². The van der Waals surface area contributed by atoms with Crippen molar-refractivity contribution < 1.29 is 14.3 Å². The van der Waals surface area contributed by atoms with E-state index in [4.69, 9.17) is 16.3 Å². The summed E-state index contributed by atoms with van der Waals surface area (Å²) in [6.45, 7) is 2.04. The number of halogens is 1. The fourth-order valence-electron chi connectivity index (χ4n) is 4.16. The predicted octanol–water partition coefficient (Wildman–Crippen LogP) is 1.72. The number of carbonyl (C=O) groups excluding carboxylic acids is 2. The van der Waals surface area contributed by atoms with Gasteiger partial charge in [0.1, 0.15) is 12.1 Å². The highest BCUT2D eigenvalue weighted by atomic mass is 35.5. The molecule has 0 unspecified atom stereocenters. The largest absolute Gasteiger partial charge is 0.375 e. The van der Waals surface area contributed by atoms with Crippen LogP contribution in [0.15, 0.2) is 24.3 Å². The molecule has 0 aromatic heterocycles. The van der Waals surface area contributed by atoms with E-state index in [1.165, 1.54) is 7.11 Å². The molecule has 0 aliphatic carbocycles. The molecule has 2 atom stereocenters. The molecule has 1 aromatic carbocycles. The molecular weight excluding hydrogens is 354 g/mol. The summed E-state index contributed by atoms with van der Waals surface area (Å²) in [4.78, 5) is 27.2. The number of fused-ring (bicyclic) bond motifs is 1. The van der Waals surface area contributed by atoms with Crippen LogP contribution in [0, 0.1) is 0 Å². The van der Waals surface area contributed by atoms with Gasteiger partial charge in [0.05, 0.1) is 0 Å². The molecule has 7 heteroatoms. The fourth-order valence-corrected chi connectivity index (χ4v) is 4.36. The molecular formula is C19H26ClN3O3. The van der Waals surface area contributed by atoms with E-state index >= 15 is 0 Å². The number of nitrogens with one attached hydrogen (secondary N) is 2. The van der Waals surface area contributed by atoms with E-state index in [0.717, 1.165) is 31.4 Å². The van der Waals surface area contributed by atoms with Crippen molar-refractivity contribution in [3.05, 3.63) is 34.9 Å². The lowest BCUT2D eigenvalue weighted by Crippen LogP contribution is -2.57. The first-order chi connectivity index (χ1) is 12.5. The van der Waals surface area contributed by atoms with Gasteiger partial charge >= 0.3 is 0 Å². The SMILES string of the molecule is COCC(=O)N[C@@H]1CN2CCCC[C@]2(C(=O)NCc2ccccc2Cl)C1. The zero-order valence-electron chi connectivity index (χ0n) is 15.1. The quantitative estimate of drug-likeness (QED) is 0.789. The number of amides is 2. The number of hydrogen-bond acceptors (Lipinski definition) is 4. The lowest BCUT2D eigenvalue weighted by molar-refractivity contribution is -0.134. The number of ether oxygens (including phenoxy) is 1. The molecule has 2 fully saturated rings. The average Bonchev–Trinajstić information content (AvgIpc) is 3.00. The third-order valence-corrected chi connectivity index (χ3v) is 5.73. The number of rotatable bonds is 6. The van der Waals surface area contributed by atoms with Crippen molar-refractivity contribution >= 4 is 23.4 Å². The lowest BCUT2D eigenvalue weighted by Gasteiger charge is -2.40. The summed E-state index contributed by atoms with van der Waals surface area (Å²) in [5.74, 6) is -0.107. The minimum atomic E-state index is -0.537. The second-order valence-electron chi connectivity index (χ2n) is 7.11. The molecule has 0 bridgehead atoms. The molecule has 26 heavy (non-hydrogen) atoms. The number of methoxy groups -OCH3 is 1. The predicted molar refractivity (Wildman–Crippen MR) is 99.9 cm³/mol. The van der Waals surface area contributed by atoms with E-state index in [-0.39, 0.29) is 24.5 Å². The summed E-state index contributed by atoms with van der Waals surface area (Å²) in [6, 6.07) is 7.50. The van der Waals surface area contributed by atoms with Gasteiger partial charge in [0.15, 0.2) is 0 Å². The highest BCUT2D eigenvalue weighted by molar-refractivity contribution is 6.31. The van der Waals surface area contributed by atoms with E-state index in [2.05, 4.69) is 15.5 Å². The van der Waals surface area contributed by atoms with Gasteiger partial charge < -0.3 is 15.4 Å². The first-order valence-electron chi connectivity index (χ1n) is 9.10. The molecule has 1 aromatic rings. The Morgan fingerprint density at radius 1 is 1.35 bits per heavy atom. The van der Waals surface area contributed by atoms with Gasteiger partial charge in [-0.05, 0) is 43.9 Å². The second kappa shape index (κ2) is 8.37. The molecule has 6 nitrogen and oxygen atoms in total. The van der Waals surface area contributed by atoms with Crippen LogP contribution < -0.4 is 10.6 Å². The monoisotopic (exact) mass is 379 g/mol. The minimum absolute atomic E-state index is 0.0261. The van der Waals surface area contributed by atoms with Crippen molar-refractivity contribution in [3.8, 4) is 0 Å². The lowest BCUT2D eigenvalue weighted by atomic mass is 9.84. The van der Waals surface area contributed by atoms with Gasteiger partial charge in [-0.3, -0.25) is 14.5 Å². The summed E-state index contributed by atoms with van der Waals surface area (Å²) >= 11 is 6.19. The summed E-state index contributed by atoms with van der Waals surface area (Å²) in [5.41, 5.74) is 0.370. The van der Waals surface area contributed by atoms with Gasteiger partial charge in [-0.1, -0.05) is 29.8 Å². The average molecular weight is 380 g/mol. The number of piperidine rings is 1. The van der Waals surface area contributed by atoms with Crippen molar-refractivity contribution in [1.82, 2.24) is 15.5 Å². The number of hydrogen-bond donors (Lipinski definition) is 2. The Labute approximate surface area is 159 Å². The van der Waals surface area contributed by atoms with Gasteiger partial charge in [0, 0.05) is 31.3 Å². The summed E-state index contributed by atoms with van der Waals surface area (Å²) < 4.78 is 4.89. The highest BCUT2D eigenvalue weighted by Gasteiger charge is 2.52. The molecule has 2 aliphatic rings. The topological polar surface area (TPSA) is 70.7 Å². The maximum atomic E-state index is 13.1. The summed E-state index contributed by atoms with van der Waals surface area (Å²) in [5, 5.41) is 6.71. The Morgan fingerprint density at radius 3 is 2.92 bits per heavy atom. The molecule has 2 heterocycles. The van der Waals surface area contributed by atoms with Crippen molar-refractivity contribution in [1.29, 1.82) is 0 Å². The van der Waals surface area contributed by atoms with Crippen LogP contribution in [0.4, 0.5) is 0 Å². The van der Waals surface area contributed by atoms with Crippen LogP contribution in [0.2, 0.25) is 5.02 Å². The molecule has 2 amide bonds. The van der Waals surface area contributed by atoms with E-state index in [1.807, 2.05) is 24.3 Å². The van der Waals surface area contributed by atoms with Gasteiger partial charge in [-0.25, -0.2) is 0 Å². The van der Waals surface area contributed by atoms with Crippen LogP contribution in [0.3, 0.4) is 0 Å². The fraction of sp³-hybridized carbons (Fsp3) is 0.579. The Morgan fingerprint density at radius 2 is 2.15 bits per heavy atom. The van der Waals surface area contributed by atoms with Crippen molar-refractivity contribution in [2.75, 3.05) is 26.8 Å². The van der Waals surface area contributed by atoms with Crippen LogP contribution in [0.5, 0.6) is 0 Å². The Hall–Kier alpha value is -1.63. The van der Waals surface area contributed by atoms with Crippen molar-refractivity contribution in [2.24, 2.45) is 0 Å². The third-order valence-electron chi connectivity index (χ3n) is 5.36. The second-order valence-corrected chi connectivity index (χ2v) is 7.52. The van der Waals surface area contributed by atoms with Gasteiger partial charge in [0.2, 0.25) is 11.8 Å². The minimum Gasteiger partial charge on any atom is -0.375 e. The molecule has 2 saturated heterocycles. The Balaban J connectivity index is 1.67. The normalized spacial score (nSPS) is 25.5. The Bertz CT molecular complexity index is 669. The van der Waals surface area contributed by atoms with Crippen LogP contribution in [0.25, 0.3) is 0 Å². The van der Waals surface area contributed by atoms with E-state index in [1.54, 1.807) is 0 Å². The summed E-state index contributed by atoms with van der Waals surface area (Å²) in [6.07, 6.45) is 3.56. The Kier molecular flexibility index (Phi) is 6.16. The highest BCUT2D eigenvalue weighted by Crippen LogP contribution is 2.38. The zero-order valence-corrected chi connectivity index (χ0v) is 15.8. The number of nitrogens with zero attached hydrogens (tertiary/aromatic N) is 1. The molecule has 0 radical (unpaired) electrons. The van der Waals surface area contributed by atoms with E-state index in [0.29, 0.717) is 24.5 Å². The smallest absolute Gasteiger partial charge is 0.246 e. The molecule has 0 spiro atoms. The molecule has 0 saturated carbocycles. The number of benzene rings is 1. The molecule has 142 valence electrons.